The smallest absolute Gasteiger partial charge is 0.312 e. The highest BCUT2D eigenvalue weighted by atomic mass is 32.2. The number of esters is 1. The largest absolute Gasteiger partial charge is 0.455 e. The lowest BCUT2D eigenvalue weighted by Gasteiger charge is -2.58. The summed E-state index contributed by atoms with van der Waals surface area (Å²) in [5.74, 6) is 0.397. The van der Waals surface area contributed by atoms with Crippen molar-refractivity contribution in [3.63, 3.8) is 0 Å². The van der Waals surface area contributed by atoms with Crippen LogP contribution in [0.25, 0.3) is 0 Å². The van der Waals surface area contributed by atoms with Gasteiger partial charge in [0.2, 0.25) is 0 Å². The number of amides is 1. The van der Waals surface area contributed by atoms with E-state index in [2.05, 4.69) is 6.92 Å². The highest BCUT2D eigenvalue weighted by molar-refractivity contribution is 8.00. The van der Waals surface area contributed by atoms with Crippen LogP contribution < -0.4 is 4.90 Å². The Balaban J connectivity index is 1.28. The van der Waals surface area contributed by atoms with Gasteiger partial charge >= 0.3 is 5.97 Å². The lowest BCUT2D eigenvalue weighted by molar-refractivity contribution is -0.196. The number of fused-ring (bicyclic) bond motifs is 1. The van der Waals surface area contributed by atoms with Crippen molar-refractivity contribution >= 4 is 29.3 Å². The molecule has 1 aromatic rings. The number of nitrogens with zero attached hydrogens (tertiary/aromatic N) is 1. The summed E-state index contributed by atoms with van der Waals surface area (Å²) in [4.78, 5) is 29.0. The van der Waals surface area contributed by atoms with Crippen LogP contribution >= 0.6 is 11.8 Å². The molecule has 4 aliphatic carbocycles. The third kappa shape index (κ3) is 3.48. The summed E-state index contributed by atoms with van der Waals surface area (Å²) in [6.45, 7) is 2.59. The first kappa shape index (κ1) is 19.4. The number of hydrogen-bond acceptors (Lipinski definition) is 5. The van der Waals surface area contributed by atoms with Crippen LogP contribution in [0, 0.1) is 17.3 Å². The number of para-hydroxylation sites is 1. The third-order valence-electron chi connectivity index (χ3n) is 7.33. The maximum Gasteiger partial charge on any atom is 0.312 e. The van der Waals surface area contributed by atoms with Gasteiger partial charge in [0.15, 0.2) is 6.61 Å². The molecule has 5 aliphatic rings. The van der Waals surface area contributed by atoms with Gasteiger partial charge in [-0.25, -0.2) is 0 Å². The summed E-state index contributed by atoms with van der Waals surface area (Å²) in [5, 5.41) is 11.3. The summed E-state index contributed by atoms with van der Waals surface area (Å²) in [5.41, 5.74) is -0.378. The molecule has 0 unspecified atom stereocenters. The van der Waals surface area contributed by atoms with Crippen LogP contribution in [-0.4, -0.2) is 41.0 Å². The van der Waals surface area contributed by atoms with Crippen LogP contribution in [0.3, 0.4) is 0 Å². The van der Waals surface area contributed by atoms with Crippen molar-refractivity contribution in [3.8, 4) is 0 Å². The molecule has 1 aromatic carbocycles. The number of thioether (sulfide) groups is 1. The maximum absolute atomic E-state index is 13.1. The van der Waals surface area contributed by atoms with Crippen molar-refractivity contribution < 1.29 is 19.4 Å². The molecule has 1 amide bonds. The molecule has 6 rings (SSSR count). The Morgan fingerprint density at radius 2 is 1.93 bits per heavy atom. The molecule has 1 aliphatic heterocycles. The van der Waals surface area contributed by atoms with Crippen molar-refractivity contribution in [2.24, 2.45) is 17.3 Å². The molecule has 4 bridgehead atoms. The number of hydrogen-bond donors (Lipinski definition) is 1. The van der Waals surface area contributed by atoms with E-state index in [9.17, 15) is 14.7 Å². The van der Waals surface area contributed by atoms with Gasteiger partial charge in [-0.15, -0.1) is 11.8 Å². The highest BCUT2D eigenvalue weighted by Gasteiger charge is 2.61. The average Bonchev–Trinajstić information content (AvgIpc) is 2.82. The standard InChI is InChI=1S/C23H29NO4S/c1-15-6-7-24(18-4-2-3-5-19(18)29-15)20(25)13-28-21(26)22-9-16-8-17(10-22)12-23(27,11-16)14-22/h2-5,15-17,27H,6-14H2,1H3/t15-,16+,17+,22?,23?/m0/s1. The molecular weight excluding hydrogens is 386 g/mol. The van der Waals surface area contributed by atoms with Gasteiger partial charge in [0, 0.05) is 16.7 Å². The summed E-state index contributed by atoms with van der Waals surface area (Å²) < 4.78 is 5.62. The van der Waals surface area contributed by atoms with E-state index in [1.54, 1.807) is 16.7 Å². The quantitative estimate of drug-likeness (QED) is 0.761. The minimum Gasteiger partial charge on any atom is -0.455 e. The Morgan fingerprint density at radius 3 is 2.66 bits per heavy atom. The first-order valence-corrected chi connectivity index (χ1v) is 11.7. The van der Waals surface area contributed by atoms with Gasteiger partial charge in [-0.3, -0.25) is 9.59 Å². The first-order chi connectivity index (χ1) is 13.9. The van der Waals surface area contributed by atoms with Crippen LogP contribution in [0.5, 0.6) is 0 Å². The van der Waals surface area contributed by atoms with Crippen LogP contribution in [0.15, 0.2) is 29.2 Å². The second kappa shape index (κ2) is 7.02. The topological polar surface area (TPSA) is 66.8 Å². The number of aliphatic hydroxyl groups is 1. The molecule has 1 heterocycles. The summed E-state index contributed by atoms with van der Waals surface area (Å²) in [6, 6.07) is 7.95. The zero-order chi connectivity index (χ0) is 20.2. The SMILES string of the molecule is C[C@H]1CCN(C(=O)COC(=O)C23C[C@H]4C[C@@H](CC(O)(C4)C2)C3)c2ccccc2S1. The monoisotopic (exact) mass is 415 g/mol. The lowest BCUT2D eigenvalue weighted by Crippen LogP contribution is -2.58. The molecule has 1 N–H and O–H groups in total. The van der Waals surface area contributed by atoms with E-state index < -0.39 is 11.0 Å². The Kier molecular flexibility index (Phi) is 4.70. The van der Waals surface area contributed by atoms with Gasteiger partial charge in [0.05, 0.1) is 16.7 Å². The Hall–Kier alpha value is -1.53. The molecule has 4 fully saturated rings. The Morgan fingerprint density at radius 1 is 1.21 bits per heavy atom. The fourth-order valence-corrected chi connectivity index (χ4v) is 7.67. The van der Waals surface area contributed by atoms with Crippen LogP contribution in [0.4, 0.5) is 5.69 Å². The minimum atomic E-state index is -0.704. The molecular formula is C23H29NO4S. The van der Waals surface area contributed by atoms with Gasteiger partial charge in [0.1, 0.15) is 0 Å². The Labute approximate surface area is 176 Å². The summed E-state index contributed by atoms with van der Waals surface area (Å²) in [7, 11) is 0. The molecule has 5 nitrogen and oxygen atoms in total. The van der Waals surface area contributed by atoms with Crippen LogP contribution in [0.1, 0.15) is 51.9 Å². The van der Waals surface area contributed by atoms with Crippen molar-refractivity contribution in [2.75, 3.05) is 18.1 Å². The zero-order valence-electron chi connectivity index (χ0n) is 16.9. The predicted octanol–water partition coefficient (Wildman–Crippen LogP) is 3.78. The third-order valence-corrected chi connectivity index (χ3v) is 8.57. The molecule has 0 aromatic heterocycles. The molecule has 4 saturated carbocycles. The minimum absolute atomic E-state index is 0.163. The van der Waals surface area contributed by atoms with Gasteiger partial charge in [0.25, 0.3) is 5.91 Å². The van der Waals surface area contributed by atoms with E-state index in [0.29, 0.717) is 30.1 Å². The second-order valence-corrected chi connectivity index (χ2v) is 11.3. The van der Waals surface area contributed by atoms with Crippen LogP contribution in [-0.2, 0) is 14.3 Å². The van der Waals surface area contributed by atoms with Crippen LogP contribution in [0.2, 0.25) is 0 Å². The molecule has 3 atom stereocenters. The Bertz CT molecular complexity index is 826. The molecule has 0 saturated heterocycles. The number of ether oxygens (including phenoxy) is 1. The molecule has 6 heteroatoms. The molecule has 0 radical (unpaired) electrons. The van der Waals surface area contributed by atoms with E-state index in [4.69, 9.17) is 4.74 Å². The fraction of sp³-hybridized carbons (Fsp3) is 0.652. The van der Waals surface area contributed by atoms with E-state index in [-0.39, 0.29) is 18.5 Å². The van der Waals surface area contributed by atoms with Crippen molar-refractivity contribution in [2.45, 2.75) is 67.6 Å². The summed E-state index contributed by atoms with van der Waals surface area (Å²) >= 11 is 1.79. The number of carbonyl (C=O) groups is 2. The van der Waals surface area contributed by atoms with E-state index in [1.807, 2.05) is 24.3 Å². The summed E-state index contributed by atoms with van der Waals surface area (Å²) in [6.07, 6.45) is 5.77. The number of rotatable bonds is 3. The number of benzene rings is 1. The average molecular weight is 416 g/mol. The lowest BCUT2D eigenvalue weighted by atomic mass is 9.48. The molecule has 0 spiro atoms. The van der Waals surface area contributed by atoms with E-state index in [1.165, 1.54) is 0 Å². The van der Waals surface area contributed by atoms with E-state index >= 15 is 0 Å². The molecule has 156 valence electrons. The second-order valence-electron chi connectivity index (χ2n) is 9.77. The molecule has 29 heavy (non-hydrogen) atoms. The number of carbonyl (C=O) groups excluding carboxylic acids is 2. The van der Waals surface area contributed by atoms with Crippen molar-refractivity contribution in [1.29, 1.82) is 0 Å². The fourth-order valence-electron chi connectivity index (χ4n) is 6.56. The van der Waals surface area contributed by atoms with Gasteiger partial charge in [-0.05, 0) is 68.9 Å². The maximum atomic E-state index is 13.1. The highest BCUT2D eigenvalue weighted by Crippen LogP contribution is 2.62. The first-order valence-electron chi connectivity index (χ1n) is 10.8. The normalized spacial score (nSPS) is 37.7. The predicted molar refractivity (Wildman–Crippen MR) is 112 cm³/mol. The van der Waals surface area contributed by atoms with Gasteiger partial charge in [-0.1, -0.05) is 19.1 Å². The zero-order valence-corrected chi connectivity index (χ0v) is 17.7. The van der Waals surface area contributed by atoms with Gasteiger partial charge < -0.3 is 14.7 Å². The van der Waals surface area contributed by atoms with Crippen molar-refractivity contribution in [1.82, 2.24) is 0 Å². The number of anilines is 1. The van der Waals surface area contributed by atoms with E-state index in [0.717, 1.165) is 49.1 Å². The van der Waals surface area contributed by atoms with Crippen molar-refractivity contribution in [3.05, 3.63) is 24.3 Å². The van der Waals surface area contributed by atoms with Gasteiger partial charge in [-0.2, -0.15) is 0 Å².